The van der Waals surface area contributed by atoms with Crippen molar-refractivity contribution in [2.24, 2.45) is 5.41 Å². The summed E-state index contributed by atoms with van der Waals surface area (Å²) >= 11 is 0. The van der Waals surface area contributed by atoms with Crippen molar-refractivity contribution in [3.05, 3.63) is 29.6 Å². The highest BCUT2D eigenvalue weighted by atomic mass is 19.1. The molecule has 18 heavy (non-hydrogen) atoms. The van der Waals surface area contributed by atoms with Gasteiger partial charge in [0.2, 0.25) is 0 Å². The molecule has 0 bridgehead atoms. The summed E-state index contributed by atoms with van der Waals surface area (Å²) in [5.41, 5.74) is 0.804. The lowest BCUT2D eigenvalue weighted by molar-refractivity contribution is -0.110. The average molecular weight is 254 g/mol. The summed E-state index contributed by atoms with van der Waals surface area (Å²) in [6, 6.07) is 4.42. The predicted octanol–water partition coefficient (Wildman–Crippen LogP) is 2.34. The van der Waals surface area contributed by atoms with Gasteiger partial charge in [0.25, 0.3) is 0 Å². The highest BCUT2D eigenvalue weighted by Crippen LogP contribution is 2.40. The van der Waals surface area contributed by atoms with Gasteiger partial charge in [-0.3, -0.25) is 0 Å². The molecule has 3 nitrogen and oxygen atoms in total. The molecule has 0 aromatic heterocycles. The molecular formula is C14H19FO3. The molecule has 1 aromatic carbocycles. The van der Waals surface area contributed by atoms with Gasteiger partial charge < -0.3 is 14.6 Å². The Kier molecular flexibility index (Phi) is 3.88. The SMILES string of the molecule is COc1ccc(F)cc1C(CO)CC1(C)COC1. The Balaban J connectivity index is 2.23. The molecule has 1 saturated heterocycles. The molecule has 0 saturated carbocycles. The van der Waals surface area contributed by atoms with Crippen molar-refractivity contribution in [1.29, 1.82) is 0 Å². The van der Waals surface area contributed by atoms with Gasteiger partial charge in [0.15, 0.2) is 0 Å². The summed E-state index contributed by atoms with van der Waals surface area (Å²) in [5, 5.41) is 9.55. The zero-order valence-corrected chi connectivity index (χ0v) is 10.8. The van der Waals surface area contributed by atoms with E-state index in [0.717, 1.165) is 12.0 Å². The fourth-order valence-corrected chi connectivity index (χ4v) is 2.46. The van der Waals surface area contributed by atoms with Crippen molar-refractivity contribution < 1.29 is 19.0 Å². The van der Waals surface area contributed by atoms with Crippen LogP contribution in [0.1, 0.15) is 24.8 Å². The molecule has 4 heteroatoms. The van der Waals surface area contributed by atoms with Gasteiger partial charge in [-0.05, 0) is 24.6 Å². The average Bonchev–Trinajstić information content (AvgIpc) is 2.33. The number of hydrogen-bond acceptors (Lipinski definition) is 3. The van der Waals surface area contributed by atoms with Gasteiger partial charge >= 0.3 is 0 Å². The third-order valence-corrected chi connectivity index (χ3v) is 3.49. The van der Waals surface area contributed by atoms with E-state index in [-0.39, 0.29) is 23.8 Å². The summed E-state index contributed by atoms with van der Waals surface area (Å²) in [4.78, 5) is 0. The highest BCUT2D eigenvalue weighted by molar-refractivity contribution is 5.37. The van der Waals surface area contributed by atoms with Crippen molar-refractivity contribution in [3.8, 4) is 5.75 Å². The number of rotatable bonds is 5. The molecule has 0 spiro atoms. The number of methoxy groups -OCH3 is 1. The Morgan fingerprint density at radius 1 is 1.50 bits per heavy atom. The van der Waals surface area contributed by atoms with Gasteiger partial charge in [-0.1, -0.05) is 6.92 Å². The quantitative estimate of drug-likeness (QED) is 0.876. The standard InChI is InChI=1S/C14H19FO3/c1-14(8-18-9-14)6-10(7-16)12-5-11(15)3-4-13(12)17-2/h3-5,10,16H,6-9H2,1-2H3. The lowest BCUT2D eigenvalue weighted by Gasteiger charge is -2.40. The highest BCUT2D eigenvalue weighted by Gasteiger charge is 2.36. The Bertz CT molecular complexity index is 416. The number of ether oxygens (including phenoxy) is 2. The molecule has 1 aliphatic rings. The van der Waals surface area contributed by atoms with Gasteiger partial charge in [-0.25, -0.2) is 4.39 Å². The second-order valence-corrected chi connectivity index (χ2v) is 5.27. The van der Waals surface area contributed by atoms with E-state index in [2.05, 4.69) is 6.92 Å². The van der Waals surface area contributed by atoms with Crippen molar-refractivity contribution in [1.82, 2.24) is 0 Å². The molecule has 1 fully saturated rings. The van der Waals surface area contributed by atoms with Gasteiger partial charge in [0.1, 0.15) is 11.6 Å². The van der Waals surface area contributed by atoms with E-state index in [0.29, 0.717) is 19.0 Å². The molecular weight excluding hydrogens is 235 g/mol. The molecule has 0 amide bonds. The Morgan fingerprint density at radius 2 is 2.22 bits per heavy atom. The van der Waals surface area contributed by atoms with E-state index in [9.17, 15) is 9.50 Å². The first-order chi connectivity index (χ1) is 8.58. The third kappa shape index (κ3) is 2.65. The fourth-order valence-electron chi connectivity index (χ4n) is 2.46. The van der Waals surface area contributed by atoms with E-state index < -0.39 is 0 Å². The minimum atomic E-state index is -0.306. The smallest absolute Gasteiger partial charge is 0.123 e. The predicted molar refractivity (Wildman–Crippen MR) is 66.3 cm³/mol. The molecule has 1 aromatic rings. The fraction of sp³-hybridized carbons (Fsp3) is 0.571. The molecule has 1 N–H and O–H groups in total. The van der Waals surface area contributed by atoms with E-state index in [1.807, 2.05) is 0 Å². The van der Waals surface area contributed by atoms with E-state index in [1.54, 1.807) is 13.2 Å². The van der Waals surface area contributed by atoms with Gasteiger partial charge in [-0.15, -0.1) is 0 Å². The number of halogens is 1. The summed E-state index contributed by atoms with van der Waals surface area (Å²) in [6.45, 7) is 3.49. The third-order valence-electron chi connectivity index (χ3n) is 3.49. The van der Waals surface area contributed by atoms with Crippen LogP contribution in [0.3, 0.4) is 0 Å². The van der Waals surface area contributed by atoms with Crippen LogP contribution in [0, 0.1) is 11.2 Å². The molecule has 0 aliphatic carbocycles. The summed E-state index contributed by atoms with van der Waals surface area (Å²) in [6.07, 6.45) is 0.767. The number of hydrogen-bond donors (Lipinski definition) is 1. The van der Waals surface area contributed by atoms with Crippen LogP contribution in [0.15, 0.2) is 18.2 Å². The zero-order valence-electron chi connectivity index (χ0n) is 10.8. The number of aliphatic hydroxyl groups excluding tert-OH is 1. The summed E-state index contributed by atoms with van der Waals surface area (Å²) in [7, 11) is 1.55. The Morgan fingerprint density at radius 3 is 2.72 bits per heavy atom. The van der Waals surface area contributed by atoms with Crippen molar-refractivity contribution >= 4 is 0 Å². The maximum atomic E-state index is 13.3. The topological polar surface area (TPSA) is 38.7 Å². The van der Waals surface area contributed by atoms with E-state index in [1.165, 1.54) is 12.1 Å². The van der Waals surface area contributed by atoms with Crippen LogP contribution in [0.2, 0.25) is 0 Å². The van der Waals surface area contributed by atoms with Crippen LogP contribution < -0.4 is 4.74 Å². The summed E-state index contributed by atoms with van der Waals surface area (Å²) < 4.78 is 23.8. The van der Waals surface area contributed by atoms with Crippen molar-refractivity contribution in [3.63, 3.8) is 0 Å². The molecule has 1 unspecified atom stereocenters. The van der Waals surface area contributed by atoms with Crippen LogP contribution in [0.4, 0.5) is 4.39 Å². The molecule has 2 rings (SSSR count). The molecule has 1 aliphatic heterocycles. The van der Waals surface area contributed by atoms with Crippen LogP contribution in [0.25, 0.3) is 0 Å². The van der Waals surface area contributed by atoms with Crippen LogP contribution in [0.5, 0.6) is 5.75 Å². The minimum absolute atomic E-state index is 0.0184. The van der Waals surface area contributed by atoms with Crippen LogP contribution in [-0.4, -0.2) is 32.0 Å². The maximum Gasteiger partial charge on any atom is 0.123 e. The molecule has 1 atom stereocenters. The number of aliphatic hydroxyl groups is 1. The minimum Gasteiger partial charge on any atom is -0.496 e. The first-order valence-corrected chi connectivity index (χ1v) is 6.10. The molecule has 0 radical (unpaired) electrons. The number of benzene rings is 1. The normalized spacial score (nSPS) is 19.1. The first kappa shape index (κ1) is 13.3. The van der Waals surface area contributed by atoms with Crippen molar-refractivity contribution in [2.45, 2.75) is 19.3 Å². The van der Waals surface area contributed by atoms with Crippen LogP contribution >= 0.6 is 0 Å². The lowest BCUT2D eigenvalue weighted by Crippen LogP contribution is -2.41. The Hall–Kier alpha value is -1.13. The second-order valence-electron chi connectivity index (χ2n) is 5.27. The van der Waals surface area contributed by atoms with Gasteiger partial charge in [0.05, 0.1) is 26.9 Å². The monoisotopic (exact) mass is 254 g/mol. The second kappa shape index (κ2) is 5.24. The van der Waals surface area contributed by atoms with Crippen LogP contribution in [-0.2, 0) is 4.74 Å². The van der Waals surface area contributed by atoms with E-state index in [4.69, 9.17) is 9.47 Å². The maximum absolute atomic E-state index is 13.3. The molecule has 100 valence electrons. The zero-order chi connectivity index (χ0) is 13.2. The van der Waals surface area contributed by atoms with Gasteiger partial charge in [0, 0.05) is 16.9 Å². The first-order valence-electron chi connectivity index (χ1n) is 6.10. The largest absolute Gasteiger partial charge is 0.496 e. The Labute approximate surface area is 107 Å². The lowest BCUT2D eigenvalue weighted by atomic mass is 9.77. The molecule has 1 heterocycles. The summed E-state index contributed by atoms with van der Waals surface area (Å²) in [5.74, 6) is 0.197. The van der Waals surface area contributed by atoms with Gasteiger partial charge in [-0.2, -0.15) is 0 Å². The van der Waals surface area contributed by atoms with E-state index >= 15 is 0 Å². The van der Waals surface area contributed by atoms with Crippen molar-refractivity contribution in [2.75, 3.05) is 26.9 Å².